The molecule has 1 aromatic heterocycles. The van der Waals surface area contributed by atoms with E-state index in [9.17, 15) is 21.6 Å². The zero-order valence-corrected chi connectivity index (χ0v) is 13.8. The van der Waals surface area contributed by atoms with E-state index in [2.05, 4.69) is 5.10 Å². The van der Waals surface area contributed by atoms with E-state index in [1.807, 2.05) is 0 Å². The van der Waals surface area contributed by atoms with E-state index in [1.54, 1.807) is 6.07 Å². The van der Waals surface area contributed by atoms with Gasteiger partial charge in [0.1, 0.15) is 17.6 Å². The summed E-state index contributed by atoms with van der Waals surface area (Å²) in [4.78, 5) is 0. The standard InChI is InChI=1S/C12H7Cl2F3N4O2S/c13-8-1-6(12(15,16)17)2-9(14)11(8)21-10(24(22,23)5-19)3-7(4-18)20-21/h1-3H,5,19H2. The first-order valence-corrected chi connectivity index (χ1v) is 8.41. The van der Waals surface area contributed by atoms with Crippen LogP contribution < -0.4 is 5.73 Å². The van der Waals surface area contributed by atoms with Gasteiger partial charge in [-0.05, 0) is 12.1 Å². The Morgan fingerprint density at radius 2 is 1.79 bits per heavy atom. The molecule has 0 amide bonds. The Morgan fingerprint density at radius 1 is 1.25 bits per heavy atom. The van der Waals surface area contributed by atoms with Gasteiger partial charge in [-0.25, -0.2) is 13.1 Å². The Kier molecular flexibility index (Phi) is 4.83. The van der Waals surface area contributed by atoms with Gasteiger partial charge in [-0.15, -0.1) is 0 Å². The van der Waals surface area contributed by atoms with E-state index in [4.69, 9.17) is 34.2 Å². The molecule has 128 valence electrons. The largest absolute Gasteiger partial charge is 0.416 e. The molecule has 2 rings (SSSR count). The highest BCUT2D eigenvalue weighted by Gasteiger charge is 2.33. The van der Waals surface area contributed by atoms with Crippen LogP contribution in [0, 0.1) is 11.3 Å². The van der Waals surface area contributed by atoms with Crippen molar-refractivity contribution in [1.82, 2.24) is 9.78 Å². The van der Waals surface area contributed by atoms with E-state index < -0.39 is 42.5 Å². The molecule has 0 radical (unpaired) electrons. The quantitative estimate of drug-likeness (QED) is 0.855. The topological polar surface area (TPSA) is 102 Å². The Morgan fingerprint density at radius 3 is 2.21 bits per heavy atom. The second kappa shape index (κ2) is 6.25. The van der Waals surface area contributed by atoms with Gasteiger partial charge in [-0.1, -0.05) is 23.2 Å². The van der Waals surface area contributed by atoms with E-state index in [0.29, 0.717) is 16.8 Å². The molecule has 1 heterocycles. The fourth-order valence-electron chi connectivity index (χ4n) is 1.82. The van der Waals surface area contributed by atoms with Crippen molar-refractivity contribution < 1.29 is 21.6 Å². The summed E-state index contributed by atoms with van der Waals surface area (Å²) >= 11 is 11.7. The van der Waals surface area contributed by atoms with Crippen molar-refractivity contribution in [3.63, 3.8) is 0 Å². The summed E-state index contributed by atoms with van der Waals surface area (Å²) in [5.41, 5.74) is 3.45. The number of benzene rings is 1. The van der Waals surface area contributed by atoms with Crippen LogP contribution in [0.4, 0.5) is 13.2 Å². The predicted molar refractivity (Wildman–Crippen MR) is 79.5 cm³/mol. The van der Waals surface area contributed by atoms with Crippen molar-refractivity contribution >= 4 is 33.0 Å². The minimum atomic E-state index is -4.69. The molecule has 0 aliphatic rings. The normalized spacial score (nSPS) is 12.2. The summed E-state index contributed by atoms with van der Waals surface area (Å²) < 4.78 is 63.0. The lowest BCUT2D eigenvalue weighted by molar-refractivity contribution is -0.137. The fourth-order valence-corrected chi connectivity index (χ4v) is 3.32. The lowest BCUT2D eigenvalue weighted by Crippen LogP contribution is -2.18. The molecule has 0 spiro atoms. The summed E-state index contributed by atoms with van der Waals surface area (Å²) in [6, 6.07) is 3.71. The number of halogens is 5. The molecule has 6 nitrogen and oxygen atoms in total. The molecule has 0 aliphatic carbocycles. The van der Waals surface area contributed by atoms with Crippen molar-refractivity contribution in [2.45, 2.75) is 11.2 Å². The lowest BCUT2D eigenvalue weighted by Gasteiger charge is -2.14. The molecule has 0 atom stereocenters. The Bertz CT molecular complexity index is 925. The van der Waals surface area contributed by atoms with E-state index in [-0.39, 0.29) is 11.4 Å². The van der Waals surface area contributed by atoms with E-state index in [0.717, 1.165) is 6.07 Å². The first-order chi connectivity index (χ1) is 11.0. The van der Waals surface area contributed by atoms with Crippen molar-refractivity contribution in [3.8, 4) is 11.8 Å². The second-order valence-corrected chi connectivity index (χ2v) is 7.25. The van der Waals surface area contributed by atoms with Crippen LogP contribution in [0.5, 0.6) is 0 Å². The smallest absolute Gasteiger partial charge is 0.317 e. The van der Waals surface area contributed by atoms with Crippen molar-refractivity contribution in [1.29, 1.82) is 5.26 Å². The third kappa shape index (κ3) is 3.34. The van der Waals surface area contributed by atoms with Gasteiger partial charge in [0.2, 0.25) is 9.84 Å². The van der Waals surface area contributed by atoms with Gasteiger partial charge in [-0.3, -0.25) is 0 Å². The number of nitriles is 1. The van der Waals surface area contributed by atoms with Crippen LogP contribution in [-0.4, -0.2) is 24.1 Å². The van der Waals surface area contributed by atoms with Crippen LogP contribution in [0.3, 0.4) is 0 Å². The summed E-state index contributed by atoms with van der Waals surface area (Å²) in [7, 11) is -4.05. The number of alkyl halides is 3. The molecule has 24 heavy (non-hydrogen) atoms. The van der Waals surface area contributed by atoms with Crippen LogP contribution >= 0.6 is 23.2 Å². The van der Waals surface area contributed by atoms with Gasteiger partial charge in [0.05, 0.1) is 15.6 Å². The average Bonchev–Trinajstić information content (AvgIpc) is 2.90. The summed E-state index contributed by atoms with van der Waals surface area (Å²) in [5.74, 6) is -0.806. The van der Waals surface area contributed by atoms with Gasteiger partial charge in [0, 0.05) is 6.07 Å². The summed E-state index contributed by atoms with van der Waals surface area (Å²) in [6.45, 7) is 0. The average molecular weight is 399 g/mol. The molecule has 0 saturated heterocycles. The molecule has 1 aromatic carbocycles. The number of aromatic nitrogens is 2. The van der Waals surface area contributed by atoms with Crippen LogP contribution in [0.25, 0.3) is 5.69 Å². The van der Waals surface area contributed by atoms with Gasteiger partial charge in [-0.2, -0.15) is 23.5 Å². The minimum Gasteiger partial charge on any atom is -0.317 e. The highest BCUT2D eigenvalue weighted by molar-refractivity contribution is 7.91. The number of hydrogen-bond donors (Lipinski definition) is 1. The zero-order valence-electron chi connectivity index (χ0n) is 11.5. The third-order valence-electron chi connectivity index (χ3n) is 2.89. The third-order valence-corrected chi connectivity index (χ3v) is 4.83. The lowest BCUT2D eigenvalue weighted by atomic mass is 10.2. The summed E-state index contributed by atoms with van der Waals surface area (Å²) in [6.07, 6.45) is -4.69. The van der Waals surface area contributed by atoms with Gasteiger partial charge in [0.15, 0.2) is 10.7 Å². The highest BCUT2D eigenvalue weighted by atomic mass is 35.5. The van der Waals surface area contributed by atoms with Crippen molar-refractivity contribution in [2.75, 3.05) is 5.88 Å². The van der Waals surface area contributed by atoms with Gasteiger partial charge < -0.3 is 5.73 Å². The Balaban J connectivity index is 2.79. The number of nitrogens with zero attached hydrogens (tertiary/aromatic N) is 3. The molecule has 2 aromatic rings. The number of sulfone groups is 1. The molecular weight excluding hydrogens is 392 g/mol. The summed E-state index contributed by atoms with van der Waals surface area (Å²) in [5, 5.41) is 11.1. The molecule has 2 N–H and O–H groups in total. The highest BCUT2D eigenvalue weighted by Crippen LogP contribution is 2.38. The minimum absolute atomic E-state index is 0.297. The van der Waals surface area contributed by atoms with Crippen LogP contribution in [0.2, 0.25) is 10.0 Å². The first kappa shape index (κ1) is 18.5. The van der Waals surface area contributed by atoms with E-state index in [1.165, 1.54) is 0 Å². The van der Waals surface area contributed by atoms with Crippen molar-refractivity contribution in [2.24, 2.45) is 5.73 Å². The van der Waals surface area contributed by atoms with Crippen LogP contribution in [0.15, 0.2) is 23.2 Å². The first-order valence-electron chi connectivity index (χ1n) is 6.01. The monoisotopic (exact) mass is 398 g/mol. The molecule has 12 heteroatoms. The fraction of sp³-hybridized carbons (Fsp3) is 0.167. The van der Waals surface area contributed by atoms with Gasteiger partial charge in [0.25, 0.3) is 0 Å². The molecule has 0 fully saturated rings. The maximum Gasteiger partial charge on any atom is 0.416 e. The second-order valence-electron chi connectivity index (χ2n) is 4.46. The molecule has 0 unspecified atom stereocenters. The van der Waals surface area contributed by atoms with Crippen molar-refractivity contribution in [3.05, 3.63) is 39.5 Å². The van der Waals surface area contributed by atoms with Crippen LogP contribution in [0.1, 0.15) is 11.3 Å². The SMILES string of the molecule is N#Cc1cc(S(=O)(=O)CN)n(-c2c(Cl)cc(C(F)(F)F)cc2Cl)n1. The molecule has 0 saturated carbocycles. The van der Waals surface area contributed by atoms with Crippen LogP contribution in [-0.2, 0) is 16.0 Å². The van der Waals surface area contributed by atoms with Gasteiger partial charge >= 0.3 is 6.18 Å². The maximum atomic E-state index is 12.8. The Hall–Kier alpha value is -1.80. The van der Waals surface area contributed by atoms with E-state index >= 15 is 0 Å². The zero-order chi connectivity index (χ0) is 18.3. The molecule has 0 aliphatic heterocycles. The molecule has 0 bridgehead atoms. The number of hydrogen-bond acceptors (Lipinski definition) is 5. The predicted octanol–water partition coefficient (Wildman–Crippen LogP) is 2.76. The Labute approximate surface area is 144 Å². The number of rotatable bonds is 3. The number of nitrogens with two attached hydrogens (primary N) is 1. The maximum absolute atomic E-state index is 12.8. The molecular formula is C12H7Cl2F3N4O2S.